The van der Waals surface area contributed by atoms with E-state index < -0.39 is 5.91 Å². The van der Waals surface area contributed by atoms with Crippen LogP contribution < -0.4 is 24.7 Å². The highest BCUT2D eigenvalue weighted by Crippen LogP contribution is 2.38. The summed E-state index contributed by atoms with van der Waals surface area (Å²) < 4.78 is 22.5. The second-order valence-corrected chi connectivity index (χ2v) is 6.85. The Morgan fingerprint density at radius 3 is 2.31 bits per heavy atom. The number of fused-ring (bicyclic) bond motifs is 2. The Hall–Kier alpha value is -4.27. The van der Waals surface area contributed by atoms with Crippen LogP contribution in [0.1, 0.15) is 10.4 Å². The molecule has 0 radical (unpaired) electrons. The summed E-state index contributed by atoms with van der Waals surface area (Å²) in [7, 11) is 6.16. The second-order valence-electron chi connectivity index (χ2n) is 6.85. The van der Waals surface area contributed by atoms with Crippen molar-refractivity contribution in [1.29, 1.82) is 0 Å². The van der Waals surface area contributed by atoms with Crippen molar-refractivity contribution in [2.45, 2.75) is 0 Å². The Morgan fingerprint density at radius 1 is 0.969 bits per heavy atom. The van der Waals surface area contributed by atoms with Gasteiger partial charge in [0.05, 0.1) is 39.3 Å². The van der Waals surface area contributed by atoms with Crippen LogP contribution in [-0.2, 0) is 0 Å². The molecule has 0 fully saturated rings. The van der Waals surface area contributed by atoms with E-state index in [9.17, 15) is 4.79 Å². The lowest BCUT2D eigenvalue weighted by Crippen LogP contribution is -2.10. The van der Waals surface area contributed by atoms with Gasteiger partial charge in [-0.3, -0.25) is 4.79 Å². The summed E-state index contributed by atoms with van der Waals surface area (Å²) in [5, 5.41) is 5.65. The van der Waals surface area contributed by atoms with Gasteiger partial charge in [-0.15, -0.1) is 5.10 Å². The summed E-state index contributed by atoms with van der Waals surface area (Å²) in [5.74, 6) is 1.91. The van der Waals surface area contributed by atoms with E-state index in [1.165, 1.54) is 32.1 Å². The SMILES string of the molecule is COc1ccc2cc3c(N)nn(C(=O)/C=C/c4cc(OC)c(OC)c(OC)c4)c3nc2c1. The third-order valence-corrected chi connectivity index (χ3v) is 5.00. The van der Waals surface area contributed by atoms with Crippen molar-refractivity contribution in [3.63, 3.8) is 0 Å². The number of rotatable bonds is 6. The Labute approximate surface area is 183 Å². The van der Waals surface area contributed by atoms with Gasteiger partial charge >= 0.3 is 0 Å². The summed E-state index contributed by atoms with van der Waals surface area (Å²) >= 11 is 0. The van der Waals surface area contributed by atoms with E-state index >= 15 is 0 Å². The fourth-order valence-corrected chi connectivity index (χ4v) is 3.41. The summed E-state index contributed by atoms with van der Waals surface area (Å²) in [6.07, 6.45) is 3.00. The minimum atomic E-state index is -0.407. The molecule has 2 heterocycles. The lowest BCUT2D eigenvalue weighted by molar-refractivity contribution is 0.0960. The minimum absolute atomic E-state index is 0.222. The third-order valence-electron chi connectivity index (χ3n) is 5.00. The molecule has 2 aromatic carbocycles. The number of hydrogen-bond donors (Lipinski definition) is 1. The molecule has 9 nitrogen and oxygen atoms in total. The molecule has 0 aliphatic rings. The zero-order valence-electron chi connectivity index (χ0n) is 18.1. The third kappa shape index (κ3) is 3.64. The fraction of sp³-hybridized carbons (Fsp3) is 0.174. The zero-order chi connectivity index (χ0) is 22.8. The monoisotopic (exact) mass is 434 g/mol. The Balaban J connectivity index is 1.74. The van der Waals surface area contributed by atoms with Gasteiger partial charge in [-0.2, -0.15) is 4.68 Å². The van der Waals surface area contributed by atoms with Crippen LogP contribution in [0.4, 0.5) is 5.82 Å². The number of pyridine rings is 1. The maximum Gasteiger partial charge on any atom is 0.272 e. The number of benzene rings is 2. The van der Waals surface area contributed by atoms with Gasteiger partial charge < -0.3 is 24.7 Å². The van der Waals surface area contributed by atoms with E-state index in [0.29, 0.717) is 45.1 Å². The molecule has 0 bridgehead atoms. The van der Waals surface area contributed by atoms with Crippen LogP contribution >= 0.6 is 0 Å². The molecule has 0 saturated carbocycles. The van der Waals surface area contributed by atoms with Crippen LogP contribution in [0.15, 0.2) is 42.5 Å². The van der Waals surface area contributed by atoms with E-state index in [0.717, 1.165) is 5.39 Å². The number of nitrogen functional groups attached to an aromatic ring is 1. The summed E-state index contributed by atoms with van der Waals surface area (Å²) in [4.78, 5) is 17.5. The Kier molecular flexibility index (Phi) is 5.55. The quantitative estimate of drug-likeness (QED) is 0.459. The smallest absolute Gasteiger partial charge is 0.272 e. The van der Waals surface area contributed by atoms with Gasteiger partial charge in [-0.05, 0) is 42.0 Å². The highest BCUT2D eigenvalue weighted by Gasteiger charge is 2.16. The minimum Gasteiger partial charge on any atom is -0.497 e. The Morgan fingerprint density at radius 2 is 1.69 bits per heavy atom. The molecule has 4 aromatic rings. The number of nitrogens with two attached hydrogens (primary N) is 1. The molecule has 2 N–H and O–H groups in total. The van der Waals surface area contributed by atoms with E-state index in [4.69, 9.17) is 24.7 Å². The van der Waals surface area contributed by atoms with E-state index in [-0.39, 0.29) is 5.82 Å². The Bertz CT molecular complexity index is 1330. The van der Waals surface area contributed by atoms with Crippen molar-refractivity contribution in [3.05, 3.63) is 48.0 Å². The predicted molar refractivity (Wildman–Crippen MR) is 122 cm³/mol. The number of carbonyl (C=O) groups excluding carboxylic acids is 1. The van der Waals surface area contributed by atoms with E-state index in [1.54, 1.807) is 31.4 Å². The molecule has 0 atom stereocenters. The molecule has 32 heavy (non-hydrogen) atoms. The van der Waals surface area contributed by atoms with Gasteiger partial charge in [0.2, 0.25) is 5.75 Å². The van der Waals surface area contributed by atoms with Crippen molar-refractivity contribution >= 4 is 39.7 Å². The normalized spacial score (nSPS) is 11.2. The second kappa shape index (κ2) is 8.46. The molecular formula is C23H22N4O5. The number of hydrogen-bond acceptors (Lipinski definition) is 8. The van der Waals surface area contributed by atoms with Crippen molar-refractivity contribution < 1.29 is 23.7 Å². The molecule has 164 valence electrons. The highest BCUT2D eigenvalue weighted by atomic mass is 16.5. The molecule has 0 aliphatic heterocycles. The largest absolute Gasteiger partial charge is 0.497 e. The molecule has 0 amide bonds. The van der Waals surface area contributed by atoms with Gasteiger partial charge in [0.15, 0.2) is 23.0 Å². The van der Waals surface area contributed by atoms with E-state index in [1.807, 2.05) is 18.2 Å². The number of carbonyl (C=O) groups is 1. The molecule has 4 rings (SSSR count). The highest BCUT2D eigenvalue weighted by molar-refractivity contribution is 6.04. The fourth-order valence-electron chi connectivity index (χ4n) is 3.41. The maximum atomic E-state index is 12.9. The van der Waals surface area contributed by atoms with Gasteiger partial charge in [0.25, 0.3) is 5.91 Å². The summed E-state index contributed by atoms with van der Waals surface area (Å²) in [6, 6.07) is 10.8. The number of ether oxygens (including phenoxy) is 4. The predicted octanol–water partition coefficient (Wildman–Crippen LogP) is 3.55. The van der Waals surface area contributed by atoms with Crippen molar-refractivity contribution in [1.82, 2.24) is 14.8 Å². The van der Waals surface area contributed by atoms with Crippen LogP contribution in [0.5, 0.6) is 23.0 Å². The van der Waals surface area contributed by atoms with Crippen LogP contribution in [-0.4, -0.2) is 49.1 Å². The molecule has 9 heteroatoms. The molecule has 0 saturated heterocycles. The molecule has 0 unspecified atom stereocenters. The number of aromatic nitrogens is 3. The zero-order valence-corrected chi connectivity index (χ0v) is 18.1. The lowest BCUT2D eigenvalue weighted by Gasteiger charge is -2.12. The van der Waals surface area contributed by atoms with Crippen LogP contribution in [0.2, 0.25) is 0 Å². The van der Waals surface area contributed by atoms with E-state index in [2.05, 4.69) is 10.1 Å². The van der Waals surface area contributed by atoms with Crippen molar-refractivity contribution in [2.75, 3.05) is 34.2 Å². The molecule has 0 spiro atoms. The first kappa shape index (κ1) is 21.0. The maximum absolute atomic E-state index is 12.9. The lowest BCUT2D eigenvalue weighted by atomic mass is 10.1. The number of allylic oxidation sites excluding steroid dienone is 1. The number of methoxy groups -OCH3 is 4. The summed E-state index contributed by atoms with van der Waals surface area (Å²) in [5.41, 5.74) is 7.77. The first-order valence-electron chi connectivity index (χ1n) is 9.64. The molecule has 0 aliphatic carbocycles. The van der Waals surface area contributed by atoms with Gasteiger partial charge in [-0.25, -0.2) is 4.98 Å². The number of nitrogens with zero attached hydrogens (tertiary/aromatic N) is 3. The number of anilines is 1. The summed E-state index contributed by atoms with van der Waals surface area (Å²) in [6.45, 7) is 0. The first-order valence-corrected chi connectivity index (χ1v) is 9.64. The van der Waals surface area contributed by atoms with Crippen molar-refractivity contribution in [3.8, 4) is 23.0 Å². The van der Waals surface area contributed by atoms with Gasteiger partial charge in [0.1, 0.15) is 5.75 Å². The van der Waals surface area contributed by atoms with Crippen LogP contribution in [0.3, 0.4) is 0 Å². The topological polar surface area (TPSA) is 111 Å². The van der Waals surface area contributed by atoms with Gasteiger partial charge in [0, 0.05) is 17.5 Å². The standard InChI is InChI=1S/C23H22N4O5/c1-29-15-7-6-14-11-16-22(24)26-27(23(16)25-17(14)12-15)20(28)8-5-13-9-18(30-2)21(32-4)19(10-13)31-3/h5-12H,1-4H3,(H2,24,26)/b8-5+. The van der Waals surface area contributed by atoms with Crippen molar-refractivity contribution in [2.24, 2.45) is 0 Å². The van der Waals surface area contributed by atoms with Gasteiger partial charge in [-0.1, -0.05) is 0 Å². The average Bonchev–Trinajstić information content (AvgIpc) is 3.15. The van der Waals surface area contributed by atoms with Crippen LogP contribution in [0, 0.1) is 0 Å². The molecular weight excluding hydrogens is 412 g/mol. The van der Waals surface area contributed by atoms with Crippen LogP contribution in [0.25, 0.3) is 28.0 Å². The molecule has 2 aromatic heterocycles. The first-order chi connectivity index (χ1) is 15.5. The average molecular weight is 434 g/mol.